The van der Waals surface area contributed by atoms with Crippen LogP contribution in [0.4, 0.5) is 13.2 Å². The number of ether oxygens (including phenoxy) is 2. The van der Waals surface area contributed by atoms with E-state index in [1.807, 2.05) is 11.5 Å². The number of pyridine rings is 1. The smallest absolute Gasteiger partial charge is 0.375 e. The molecule has 10 nitrogen and oxygen atoms in total. The third-order valence-electron chi connectivity index (χ3n) is 6.11. The van der Waals surface area contributed by atoms with Crippen LogP contribution < -0.4 is 15.6 Å². The lowest BCUT2D eigenvalue weighted by Crippen LogP contribution is -2.46. The molecule has 1 amide bonds. The van der Waals surface area contributed by atoms with Gasteiger partial charge in [-0.05, 0) is 37.3 Å². The number of methoxy groups -OCH3 is 1. The quantitative estimate of drug-likeness (QED) is 0.123. The zero-order valence-corrected chi connectivity index (χ0v) is 23.8. The number of amidine groups is 1. The highest BCUT2D eigenvalue weighted by atomic mass is 35.5. The highest BCUT2D eigenvalue weighted by Gasteiger charge is 2.18. The third kappa shape index (κ3) is 8.10. The van der Waals surface area contributed by atoms with E-state index in [0.717, 1.165) is 31.0 Å². The Labute approximate surface area is 249 Å². The van der Waals surface area contributed by atoms with Gasteiger partial charge in [0.25, 0.3) is 0 Å². The molecule has 43 heavy (non-hydrogen) atoms. The van der Waals surface area contributed by atoms with Gasteiger partial charge in [-0.1, -0.05) is 23.7 Å². The highest BCUT2D eigenvalue weighted by molar-refractivity contribution is 6.35. The second-order valence-corrected chi connectivity index (χ2v) is 9.42. The van der Waals surface area contributed by atoms with E-state index in [0.29, 0.717) is 6.54 Å². The Bertz CT molecular complexity index is 1660. The average Bonchev–Trinajstić information content (AvgIpc) is 3.46. The molecule has 0 unspecified atom stereocenters. The molecule has 0 aliphatic carbocycles. The van der Waals surface area contributed by atoms with Crippen LogP contribution >= 0.6 is 11.6 Å². The Morgan fingerprint density at radius 3 is 2.56 bits per heavy atom. The van der Waals surface area contributed by atoms with Crippen molar-refractivity contribution in [2.75, 3.05) is 7.11 Å². The first-order chi connectivity index (χ1) is 20.7. The van der Waals surface area contributed by atoms with E-state index < -0.39 is 35.7 Å². The number of nitrogens with one attached hydrogen (secondary N) is 2. The summed E-state index contributed by atoms with van der Waals surface area (Å²) < 4.78 is 56.1. The lowest BCUT2D eigenvalue weighted by molar-refractivity contribution is -0.133. The summed E-state index contributed by atoms with van der Waals surface area (Å²) in [6, 6.07) is 10.4. The van der Waals surface area contributed by atoms with E-state index in [9.17, 15) is 18.4 Å². The van der Waals surface area contributed by atoms with E-state index in [1.165, 1.54) is 30.3 Å². The molecule has 0 aliphatic heterocycles. The third-order valence-corrected chi connectivity index (χ3v) is 6.35. The molecule has 2 N–H and O–H groups in total. The number of imidazole rings is 1. The number of hydrazine groups is 1. The van der Waals surface area contributed by atoms with Crippen LogP contribution in [0.25, 0.3) is 11.3 Å². The first-order valence-electron chi connectivity index (χ1n) is 12.9. The van der Waals surface area contributed by atoms with E-state index >= 15 is 4.39 Å². The summed E-state index contributed by atoms with van der Waals surface area (Å²) >= 11 is 5.76. The van der Waals surface area contributed by atoms with Crippen LogP contribution in [0.1, 0.15) is 23.7 Å². The maximum absolute atomic E-state index is 15.1. The average molecular weight is 615 g/mol. The van der Waals surface area contributed by atoms with Gasteiger partial charge in [0.1, 0.15) is 24.1 Å². The van der Waals surface area contributed by atoms with Crippen molar-refractivity contribution in [2.24, 2.45) is 4.99 Å². The first-order valence-corrected chi connectivity index (χ1v) is 13.2. The maximum Gasteiger partial charge on any atom is 0.375 e. The van der Waals surface area contributed by atoms with E-state index in [-0.39, 0.29) is 52.3 Å². The molecular weight excluding hydrogens is 589 g/mol. The summed E-state index contributed by atoms with van der Waals surface area (Å²) in [5, 5.41) is 0.239. The molecule has 2 heterocycles. The van der Waals surface area contributed by atoms with Crippen LogP contribution in [-0.4, -0.2) is 39.4 Å². The maximum atomic E-state index is 15.1. The van der Waals surface area contributed by atoms with Gasteiger partial charge in [0.15, 0.2) is 0 Å². The topological polar surface area (TPSA) is 120 Å². The molecule has 0 spiro atoms. The highest BCUT2D eigenvalue weighted by Crippen LogP contribution is 2.26. The Morgan fingerprint density at radius 1 is 1.02 bits per heavy atom. The number of carbonyl (C=O) groups excluding carboxylic acids is 2. The predicted octanol–water partition coefficient (Wildman–Crippen LogP) is 4.55. The molecule has 4 aromatic rings. The van der Waals surface area contributed by atoms with Crippen LogP contribution in [-0.2, 0) is 40.4 Å². The monoisotopic (exact) mass is 614 g/mol. The molecule has 0 radical (unpaired) electrons. The fraction of sp³-hybridized carbons (Fsp3) is 0.207. The van der Waals surface area contributed by atoms with Gasteiger partial charge in [0.2, 0.25) is 17.6 Å². The number of amides is 1. The number of hydrogen-bond acceptors (Lipinski definition) is 7. The van der Waals surface area contributed by atoms with Gasteiger partial charge in [-0.15, -0.1) is 0 Å². The van der Waals surface area contributed by atoms with Crippen molar-refractivity contribution in [1.82, 2.24) is 25.4 Å². The van der Waals surface area contributed by atoms with Gasteiger partial charge in [-0.2, -0.15) is 0 Å². The van der Waals surface area contributed by atoms with Crippen molar-refractivity contribution in [3.63, 3.8) is 0 Å². The summed E-state index contributed by atoms with van der Waals surface area (Å²) in [5.74, 6) is -4.12. The van der Waals surface area contributed by atoms with Gasteiger partial charge in [0.05, 0.1) is 44.0 Å². The summed E-state index contributed by atoms with van der Waals surface area (Å²) in [5.41, 5.74) is 5.22. The summed E-state index contributed by atoms with van der Waals surface area (Å²) in [6.07, 6.45) is 2.64. The lowest BCUT2D eigenvalue weighted by atomic mass is 10.0. The van der Waals surface area contributed by atoms with Gasteiger partial charge in [-0.25, -0.2) is 27.9 Å². The minimum Gasteiger partial charge on any atom is -0.473 e. The Kier molecular flexibility index (Phi) is 10.3. The molecule has 0 fully saturated rings. The van der Waals surface area contributed by atoms with E-state index in [2.05, 4.69) is 30.5 Å². The van der Waals surface area contributed by atoms with Gasteiger partial charge in [0, 0.05) is 34.3 Å². The molecule has 0 aliphatic rings. The van der Waals surface area contributed by atoms with Crippen LogP contribution in [0.5, 0.6) is 5.88 Å². The lowest BCUT2D eigenvalue weighted by Gasteiger charge is -2.12. The zero-order chi connectivity index (χ0) is 30.9. The normalized spacial score (nSPS) is 11.3. The SMILES string of the molecule is CCn1cncc1CN=C(NNC(=O)Cc1cc(F)c(-c2cccc(OCc3ccc(Cl)cc3F)n2)cc1F)C(=O)OC. The number of halogens is 4. The van der Waals surface area contributed by atoms with Crippen molar-refractivity contribution < 1.29 is 32.2 Å². The van der Waals surface area contributed by atoms with Crippen molar-refractivity contribution in [3.05, 3.63) is 100 Å². The predicted molar refractivity (Wildman–Crippen MR) is 151 cm³/mol. The van der Waals surface area contributed by atoms with E-state index in [4.69, 9.17) is 16.3 Å². The minimum absolute atomic E-state index is 0.0587. The Balaban J connectivity index is 1.41. The number of benzene rings is 2. The first kappa shape index (κ1) is 31.0. The molecular formula is C29H26ClF3N6O4. The van der Waals surface area contributed by atoms with Crippen molar-refractivity contribution >= 4 is 29.3 Å². The summed E-state index contributed by atoms with van der Waals surface area (Å²) in [7, 11) is 1.15. The fourth-order valence-electron chi connectivity index (χ4n) is 3.88. The Hall–Kier alpha value is -4.91. The largest absolute Gasteiger partial charge is 0.473 e. The van der Waals surface area contributed by atoms with Crippen LogP contribution in [0.3, 0.4) is 0 Å². The Morgan fingerprint density at radius 2 is 1.81 bits per heavy atom. The number of hydrogen-bond donors (Lipinski definition) is 2. The van der Waals surface area contributed by atoms with Gasteiger partial charge >= 0.3 is 5.97 Å². The standard InChI is InChI=1S/C29H26ClF3N6O4/c1-3-39-16-34-13-20(39)14-35-28(29(41)42-2)38-37-26(40)10-18-9-24(33)21(12-23(18)32)25-5-4-6-27(36-25)43-15-17-7-8-19(30)11-22(17)31/h4-9,11-13,16H,3,10,14-15H2,1-2H3,(H,35,38)(H,37,40). The van der Waals surface area contributed by atoms with Crippen molar-refractivity contribution in [2.45, 2.75) is 33.0 Å². The number of esters is 1. The van der Waals surface area contributed by atoms with Crippen LogP contribution in [0.15, 0.2) is 66.0 Å². The van der Waals surface area contributed by atoms with Gasteiger partial charge < -0.3 is 14.0 Å². The second-order valence-electron chi connectivity index (χ2n) is 8.99. The molecule has 0 bridgehead atoms. The van der Waals surface area contributed by atoms with Crippen molar-refractivity contribution in [1.29, 1.82) is 0 Å². The zero-order valence-electron chi connectivity index (χ0n) is 23.0. The summed E-state index contributed by atoms with van der Waals surface area (Å²) in [4.78, 5) is 36.9. The molecule has 2 aromatic carbocycles. The number of rotatable bonds is 9. The second kappa shape index (κ2) is 14.3. The van der Waals surface area contributed by atoms with Gasteiger partial charge in [-0.3, -0.25) is 20.6 Å². The minimum atomic E-state index is -0.863. The molecule has 0 saturated carbocycles. The van der Waals surface area contributed by atoms with Crippen LogP contribution in [0, 0.1) is 17.5 Å². The molecule has 0 saturated heterocycles. The van der Waals surface area contributed by atoms with Crippen molar-refractivity contribution in [3.8, 4) is 17.1 Å². The molecule has 2 aromatic heterocycles. The molecule has 14 heteroatoms. The number of aromatic nitrogens is 3. The molecule has 0 atom stereocenters. The molecule has 4 rings (SSSR count). The van der Waals surface area contributed by atoms with Crippen LogP contribution in [0.2, 0.25) is 5.02 Å². The number of aryl methyl sites for hydroxylation is 1. The summed E-state index contributed by atoms with van der Waals surface area (Å²) in [6.45, 7) is 2.47. The number of aliphatic imine (C=N–C) groups is 1. The van der Waals surface area contributed by atoms with E-state index in [1.54, 1.807) is 12.5 Å². The number of carbonyl (C=O) groups is 2. The molecule has 224 valence electrons. The fourth-order valence-corrected chi connectivity index (χ4v) is 4.04. The number of nitrogens with zero attached hydrogens (tertiary/aromatic N) is 4.